The van der Waals surface area contributed by atoms with Gasteiger partial charge in [0.2, 0.25) is 11.8 Å². The number of carbonyl (C=O) groups excluding carboxylic acids is 2. The molecule has 1 aromatic rings. The highest BCUT2D eigenvalue weighted by molar-refractivity contribution is 5.79. The second-order valence-electron chi connectivity index (χ2n) is 4.96. The molecule has 1 fully saturated rings. The number of aryl methyl sites for hydroxylation is 2. The molecule has 6 heteroatoms. The minimum Gasteiger partial charge on any atom is -0.339 e. The molecule has 0 unspecified atom stereocenters. The van der Waals surface area contributed by atoms with Crippen molar-refractivity contribution < 1.29 is 9.59 Å². The normalized spacial score (nSPS) is 15.7. The van der Waals surface area contributed by atoms with Gasteiger partial charge < -0.3 is 9.80 Å². The van der Waals surface area contributed by atoms with Crippen molar-refractivity contribution in [2.45, 2.75) is 20.3 Å². The second-order valence-corrected chi connectivity index (χ2v) is 4.96. The van der Waals surface area contributed by atoms with Crippen molar-refractivity contribution in [1.82, 2.24) is 19.6 Å². The van der Waals surface area contributed by atoms with Gasteiger partial charge in [-0.05, 0) is 13.0 Å². The predicted molar refractivity (Wildman–Crippen MR) is 70.5 cm³/mol. The fourth-order valence-corrected chi connectivity index (χ4v) is 2.37. The van der Waals surface area contributed by atoms with E-state index < -0.39 is 0 Å². The zero-order valence-corrected chi connectivity index (χ0v) is 11.7. The maximum Gasteiger partial charge on any atom is 0.228 e. The lowest BCUT2D eigenvalue weighted by atomic mass is 10.2. The Labute approximate surface area is 113 Å². The highest BCUT2D eigenvalue weighted by Crippen LogP contribution is 2.08. The summed E-state index contributed by atoms with van der Waals surface area (Å²) < 4.78 is 1.75. The summed E-state index contributed by atoms with van der Waals surface area (Å²) in [6, 6.07) is 1.93. The lowest BCUT2D eigenvalue weighted by Crippen LogP contribution is -2.50. The smallest absolute Gasteiger partial charge is 0.228 e. The van der Waals surface area contributed by atoms with Crippen molar-refractivity contribution >= 4 is 11.8 Å². The van der Waals surface area contributed by atoms with Gasteiger partial charge in [0.15, 0.2) is 0 Å². The number of amides is 2. The van der Waals surface area contributed by atoms with Crippen LogP contribution in [0, 0.1) is 6.92 Å². The molecule has 0 bridgehead atoms. The van der Waals surface area contributed by atoms with E-state index in [2.05, 4.69) is 5.10 Å². The monoisotopic (exact) mass is 264 g/mol. The second kappa shape index (κ2) is 5.42. The van der Waals surface area contributed by atoms with E-state index in [1.54, 1.807) is 16.5 Å². The van der Waals surface area contributed by atoms with Crippen LogP contribution in [0.3, 0.4) is 0 Å². The maximum absolute atomic E-state index is 12.2. The van der Waals surface area contributed by atoms with E-state index in [-0.39, 0.29) is 11.8 Å². The SMILES string of the molecule is CC(=O)N1CCN(C(=O)Cc2cc(C)nn2C)CC1. The first-order chi connectivity index (χ1) is 8.97. The molecule has 0 aliphatic carbocycles. The molecule has 0 radical (unpaired) electrons. The van der Waals surface area contributed by atoms with Crippen LogP contribution in [0.5, 0.6) is 0 Å². The first-order valence-electron chi connectivity index (χ1n) is 6.50. The van der Waals surface area contributed by atoms with E-state index in [1.165, 1.54) is 0 Å². The van der Waals surface area contributed by atoms with Crippen molar-refractivity contribution in [3.63, 3.8) is 0 Å². The third-order valence-corrected chi connectivity index (χ3v) is 3.51. The van der Waals surface area contributed by atoms with Crippen LogP contribution in [-0.4, -0.2) is 57.6 Å². The fraction of sp³-hybridized carbons (Fsp3) is 0.615. The molecular weight excluding hydrogens is 244 g/mol. The van der Waals surface area contributed by atoms with Gasteiger partial charge in [-0.3, -0.25) is 14.3 Å². The summed E-state index contributed by atoms with van der Waals surface area (Å²) in [5, 5.41) is 4.24. The van der Waals surface area contributed by atoms with Gasteiger partial charge in [-0.25, -0.2) is 0 Å². The highest BCUT2D eigenvalue weighted by Gasteiger charge is 2.22. The van der Waals surface area contributed by atoms with E-state index in [0.29, 0.717) is 32.6 Å². The van der Waals surface area contributed by atoms with Crippen LogP contribution in [0.15, 0.2) is 6.07 Å². The number of rotatable bonds is 2. The van der Waals surface area contributed by atoms with E-state index in [4.69, 9.17) is 0 Å². The summed E-state index contributed by atoms with van der Waals surface area (Å²) in [6.45, 7) is 5.98. The van der Waals surface area contributed by atoms with Gasteiger partial charge in [0, 0.05) is 45.8 Å². The maximum atomic E-state index is 12.2. The Morgan fingerprint density at radius 3 is 2.26 bits per heavy atom. The predicted octanol–water partition coefficient (Wildman–Crippen LogP) is -0.0383. The molecule has 1 aromatic heterocycles. The number of aromatic nitrogens is 2. The summed E-state index contributed by atoms with van der Waals surface area (Å²) in [5.74, 6) is 0.181. The highest BCUT2D eigenvalue weighted by atomic mass is 16.2. The molecule has 1 saturated heterocycles. The van der Waals surface area contributed by atoms with Crippen LogP contribution in [0.4, 0.5) is 0 Å². The van der Waals surface area contributed by atoms with E-state index >= 15 is 0 Å². The van der Waals surface area contributed by atoms with Gasteiger partial charge in [-0.2, -0.15) is 5.10 Å². The molecular formula is C13H20N4O2. The zero-order chi connectivity index (χ0) is 14.0. The minimum absolute atomic E-state index is 0.0781. The van der Waals surface area contributed by atoms with Crippen molar-refractivity contribution in [3.05, 3.63) is 17.5 Å². The molecule has 2 rings (SSSR count). The third kappa shape index (κ3) is 3.13. The quantitative estimate of drug-likeness (QED) is 0.753. The summed E-state index contributed by atoms with van der Waals surface area (Å²) in [6.07, 6.45) is 0.372. The summed E-state index contributed by atoms with van der Waals surface area (Å²) in [4.78, 5) is 27.0. The average molecular weight is 264 g/mol. The molecule has 6 nitrogen and oxygen atoms in total. The van der Waals surface area contributed by atoms with Gasteiger partial charge in [0.25, 0.3) is 0 Å². The largest absolute Gasteiger partial charge is 0.339 e. The van der Waals surface area contributed by atoms with Crippen molar-refractivity contribution in [1.29, 1.82) is 0 Å². The Morgan fingerprint density at radius 1 is 1.21 bits per heavy atom. The molecule has 2 amide bonds. The number of hydrogen-bond acceptors (Lipinski definition) is 3. The van der Waals surface area contributed by atoms with Gasteiger partial charge in [0.1, 0.15) is 0 Å². The Kier molecular flexibility index (Phi) is 3.87. The van der Waals surface area contributed by atoms with Crippen LogP contribution in [0.1, 0.15) is 18.3 Å². The first kappa shape index (κ1) is 13.6. The van der Waals surface area contributed by atoms with Crippen molar-refractivity contribution in [3.8, 4) is 0 Å². The summed E-state index contributed by atoms with van der Waals surface area (Å²) in [5.41, 5.74) is 1.85. The van der Waals surface area contributed by atoms with Crippen molar-refractivity contribution in [2.24, 2.45) is 7.05 Å². The van der Waals surface area contributed by atoms with Crippen LogP contribution in [0.25, 0.3) is 0 Å². The topological polar surface area (TPSA) is 58.4 Å². The summed E-state index contributed by atoms with van der Waals surface area (Å²) >= 11 is 0. The van der Waals surface area contributed by atoms with E-state index in [9.17, 15) is 9.59 Å². The van der Waals surface area contributed by atoms with Crippen LogP contribution < -0.4 is 0 Å². The van der Waals surface area contributed by atoms with E-state index in [1.807, 2.05) is 24.9 Å². The lowest BCUT2D eigenvalue weighted by molar-refractivity contribution is -0.138. The standard InChI is InChI=1S/C13H20N4O2/c1-10-8-12(15(3)14-10)9-13(19)17-6-4-16(5-7-17)11(2)18/h8H,4-7,9H2,1-3H3. The molecule has 2 heterocycles. The molecule has 0 N–H and O–H groups in total. The van der Waals surface area contributed by atoms with Crippen molar-refractivity contribution in [2.75, 3.05) is 26.2 Å². The number of carbonyl (C=O) groups is 2. The first-order valence-corrected chi connectivity index (χ1v) is 6.50. The molecule has 104 valence electrons. The molecule has 0 saturated carbocycles. The molecule has 0 aromatic carbocycles. The molecule has 19 heavy (non-hydrogen) atoms. The van der Waals surface area contributed by atoms with Crippen LogP contribution in [-0.2, 0) is 23.1 Å². The Balaban J connectivity index is 1.91. The zero-order valence-electron chi connectivity index (χ0n) is 11.7. The fourth-order valence-electron chi connectivity index (χ4n) is 2.37. The average Bonchev–Trinajstić information content (AvgIpc) is 2.68. The number of hydrogen-bond donors (Lipinski definition) is 0. The summed E-state index contributed by atoms with van der Waals surface area (Å²) in [7, 11) is 1.85. The lowest BCUT2D eigenvalue weighted by Gasteiger charge is -2.34. The van der Waals surface area contributed by atoms with Gasteiger partial charge in [-0.15, -0.1) is 0 Å². The molecule has 0 spiro atoms. The Hall–Kier alpha value is -1.85. The number of piperazine rings is 1. The van der Waals surface area contributed by atoms with Crippen LogP contribution >= 0.6 is 0 Å². The van der Waals surface area contributed by atoms with Gasteiger partial charge in [-0.1, -0.05) is 0 Å². The van der Waals surface area contributed by atoms with Gasteiger partial charge >= 0.3 is 0 Å². The van der Waals surface area contributed by atoms with Crippen LogP contribution in [0.2, 0.25) is 0 Å². The van der Waals surface area contributed by atoms with Gasteiger partial charge in [0.05, 0.1) is 12.1 Å². The molecule has 0 atom stereocenters. The Morgan fingerprint density at radius 2 is 1.79 bits per heavy atom. The third-order valence-electron chi connectivity index (χ3n) is 3.51. The molecule has 1 aliphatic rings. The Bertz CT molecular complexity index is 487. The number of nitrogens with zero attached hydrogens (tertiary/aromatic N) is 4. The minimum atomic E-state index is 0.0781. The molecule has 1 aliphatic heterocycles. The van der Waals surface area contributed by atoms with E-state index in [0.717, 1.165) is 11.4 Å².